The molecule has 0 bridgehead atoms. The van der Waals surface area contributed by atoms with Crippen LogP contribution in [0.1, 0.15) is 33.0 Å². The smallest absolute Gasteiger partial charge is 0.256 e. The Labute approximate surface area is 166 Å². The van der Waals surface area contributed by atoms with Crippen LogP contribution in [0.25, 0.3) is 11.1 Å². The van der Waals surface area contributed by atoms with Crippen molar-refractivity contribution >= 4 is 21.8 Å². The van der Waals surface area contributed by atoms with Crippen LogP contribution in [0, 0.1) is 13.8 Å². The topological polar surface area (TPSA) is 51.5 Å². The van der Waals surface area contributed by atoms with Crippen LogP contribution >= 0.6 is 15.9 Å². The van der Waals surface area contributed by atoms with Gasteiger partial charge in [-0.2, -0.15) is 0 Å². The van der Waals surface area contributed by atoms with Crippen molar-refractivity contribution in [2.24, 2.45) is 0 Å². The highest BCUT2D eigenvalue weighted by Crippen LogP contribution is 2.31. The number of carbonyl (C=O) groups is 1. The van der Waals surface area contributed by atoms with Crippen molar-refractivity contribution in [3.8, 4) is 16.9 Å². The molecule has 0 aliphatic carbocycles. The summed E-state index contributed by atoms with van der Waals surface area (Å²) in [5, 5.41) is 2.96. The minimum Gasteiger partial charge on any atom is -0.493 e. The van der Waals surface area contributed by atoms with Crippen LogP contribution in [-0.4, -0.2) is 12.5 Å². The highest BCUT2D eigenvalue weighted by Gasteiger charge is 2.19. The molecule has 0 fully saturated rings. The predicted octanol–water partition coefficient (Wildman–Crippen LogP) is 5.19. The fourth-order valence-electron chi connectivity index (χ4n) is 3.37. The molecule has 1 aromatic heterocycles. The first-order valence-electron chi connectivity index (χ1n) is 8.91. The molecule has 2 heterocycles. The molecule has 3 aromatic rings. The second kappa shape index (κ2) is 7.24. The van der Waals surface area contributed by atoms with E-state index >= 15 is 0 Å². The zero-order valence-electron chi connectivity index (χ0n) is 15.3. The quantitative estimate of drug-likeness (QED) is 0.625. The Balaban J connectivity index is 1.44. The molecule has 5 heteroatoms. The molecule has 1 amide bonds. The molecule has 4 rings (SSSR count). The van der Waals surface area contributed by atoms with E-state index in [2.05, 4.69) is 45.5 Å². The summed E-state index contributed by atoms with van der Waals surface area (Å²) < 4.78 is 11.8. The number of ether oxygens (including phenoxy) is 1. The Morgan fingerprint density at radius 2 is 1.81 bits per heavy atom. The number of carbonyl (C=O) groups excluding carboxylic acids is 1. The fraction of sp³-hybridized carbons (Fsp3) is 0.227. The summed E-state index contributed by atoms with van der Waals surface area (Å²) in [5.41, 5.74) is 5.21. The maximum absolute atomic E-state index is 12.5. The number of hydrogen-bond acceptors (Lipinski definition) is 3. The van der Waals surface area contributed by atoms with Gasteiger partial charge >= 0.3 is 0 Å². The summed E-state index contributed by atoms with van der Waals surface area (Å²) in [6.45, 7) is 4.86. The Morgan fingerprint density at radius 3 is 2.52 bits per heavy atom. The van der Waals surface area contributed by atoms with Gasteiger partial charge in [0.1, 0.15) is 17.3 Å². The molecule has 138 valence electrons. The van der Waals surface area contributed by atoms with Gasteiger partial charge in [0.25, 0.3) is 5.91 Å². The lowest BCUT2D eigenvalue weighted by Gasteiger charge is -2.08. The molecule has 1 N–H and O–H groups in total. The molecule has 0 atom stereocenters. The molecule has 0 saturated heterocycles. The molecule has 0 spiro atoms. The molecular formula is C22H20BrNO3. The molecule has 4 nitrogen and oxygen atoms in total. The first-order valence-corrected chi connectivity index (χ1v) is 9.71. The first-order chi connectivity index (χ1) is 13.0. The van der Waals surface area contributed by atoms with Crippen molar-refractivity contribution in [3.63, 3.8) is 0 Å². The van der Waals surface area contributed by atoms with Gasteiger partial charge in [0, 0.05) is 13.0 Å². The Kier molecular flexibility index (Phi) is 4.79. The number of amides is 1. The van der Waals surface area contributed by atoms with E-state index in [1.165, 1.54) is 11.1 Å². The number of benzene rings is 2. The number of nitrogens with one attached hydrogen (secondary N) is 1. The lowest BCUT2D eigenvalue weighted by Crippen LogP contribution is -2.23. The van der Waals surface area contributed by atoms with E-state index in [0.29, 0.717) is 28.1 Å². The lowest BCUT2D eigenvalue weighted by atomic mass is 10.0. The molecule has 27 heavy (non-hydrogen) atoms. The van der Waals surface area contributed by atoms with Crippen LogP contribution < -0.4 is 10.1 Å². The van der Waals surface area contributed by atoms with E-state index < -0.39 is 0 Å². The van der Waals surface area contributed by atoms with Gasteiger partial charge in [0.15, 0.2) is 0 Å². The zero-order chi connectivity index (χ0) is 19.0. The second-order valence-electron chi connectivity index (χ2n) is 6.70. The van der Waals surface area contributed by atoms with Gasteiger partial charge in [-0.25, -0.2) is 0 Å². The third-order valence-electron chi connectivity index (χ3n) is 4.84. The summed E-state index contributed by atoms with van der Waals surface area (Å²) in [6.07, 6.45) is 0.968. The third-order valence-corrected chi connectivity index (χ3v) is 5.80. The average molecular weight is 426 g/mol. The fourth-order valence-corrected chi connectivity index (χ4v) is 3.91. The predicted molar refractivity (Wildman–Crippen MR) is 108 cm³/mol. The van der Waals surface area contributed by atoms with E-state index in [-0.39, 0.29) is 5.91 Å². The zero-order valence-corrected chi connectivity index (χ0v) is 16.9. The first kappa shape index (κ1) is 17.9. The van der Waals surface area contributed by atoms with Crippen LogP contribution in [-0.2, 0) is 13.0 Å². The SMILES string of the molecule is Cc1oc(C)c(C(=O)NCc2ccc(-c3ccc4c(c3)CCO4)cc2)c1Br. The number of hydrogen-bond donors (Lipinski definition) is 1. The van der Waals surface area contributed by atoms with Crippen molar-refractivity contribution in [1.29, 1.82) is 0 Å². The Morgan fingerprint density at radius 1 is 1.07 bits per heavy atom. The molecule has 1 aliphatic heterocycles. The largest absolute Gasteiger partial charge is 0.493 e. The minimum absolute atomic E-state index is 0.140. The molecule has 2 aromatic carbocycles. The highest BCUT2D eigenvalue weighted by molar-refractivity contribution is 9.10. The van der Waals surface area contributed by atoms with Crippen molar-refractivity contribution < 1.29 is 13.9 Å². The minimum atomic E-state index is -0.140. The van der Waals surface area contributed by atoms with Crippen molar-refractivity contribution in [2.45, 2.75) is 26.8 Å². The highest BCUT2D eigenvalue weighted by atomic mass is 79.9. The van der Waals surface area contributed by atoms with Crippen molar-refractivity contribution in [1.82, 2.24) is 5.32 Å². The molecule has 1 aliphatic rings. The van der Waals surface area contributed by atoms with Crippen LogP contribution in [0.5, 0.6) is 5.75 Å². The number of furan rings is 1. The summed E-state index contributed by atoms with van der Waals surface area (Å²) in [5.74, 6) is 2.18. The molecular weight excluding hydrogens is 406 g/mol. The second-order valence-corrected chi connectivity index (χ2v) is 7.50. The van der Waals surface area contributed by atoms with Crippen molar-refractivity contribution in [2.75, 3.05) is 6.61 Å². The average Bonchev–Trinajstić information content (AvgIpc) is 3.23. The summed E-state index contributed by atoms with van der Waals surface area (Å²) in [4.78, 5) is 12.5. The lowest BCUT2D eigenvalue weighted by molar-refractivity contribution is 0.0948. The van der Waals surface area contributed by atoms with Crippen molar-refractivity contribution in [3.05, 3.63) is 75.1 Å². The number of aryl methyl sites for hydroxylation is 2. The standard InChI is InChI=1S/C22H20BrNO3/c1-13-20(21(23)14(2)27-13)22(25)24-12-15-3-5-16(6-4-15)17-7-8-19-18(11-17)9-10-26-19/h3-8,11H,9-10,12H2,1-2H3,(H,24,25). The summed E-state index contributed by atoms with van der Waals surface area (Å²) >= 11 is 3.42. The monoisotopic (exact) mass is 425 g/mol. The van der Waals surface area contributed by atoms with Gasteiger partial charge in [0.2, 0.25) is 0 Å². The number of fused-ring (bicyclic) bond motifs is 1. The van der Waals surface area contributed by atoms with Crippen LogP contribution in [0.4, 0.5) is 0 Å². The molecule has 0 radical (unpaired) electrons. The van der Waals surface area contributed by atoms with Gasteiger partial charge in [-0.15, -0.1) is 0 Å². The third kappa shape index (κ3) is 3.52. The molecule has 0 saturated carbocycles. The van der Waals surface area contributed by atoms with Gasteiger partial charge in [-0.3, -0.25) is 4.79 Å². The summed E-state index contributed by atoms with van der Waals surface area (Å²) in [6, 6.07) is 14.6. The normalized spacial score (nSPS) is 12.6. The van der Waals surface area contributed by atoms with E-state index in [1.54, 1.807) is 6.92 Å². The maximum atomic E-state index is 12.5. The molecule has 0 unspecified atom stereocenters. The van der Waals surface area contributed by atoms with E-state index in [9.17, 15) is 4.79 Å². The van der Waals surface area contributed by atoms with Crippen LogP contribution in [0.2, 0.25) is 0 Å². The van der Waals surface area contributed by atoms with E-state index in [0.717, 1.165) is 29.9 Å². The summed E-state index contributed by atoms with van der Waals surface area (Å²) in [7, 11) is 0. The van der Waals surface area contributed by atoms with Gasteiger partial charge in [-0.1, -0.05) is 30.3 Å². The Bertz CT molecular complexity index is 1010. The van der Waals surface area contributed by atoms with Gasteiger partial charge < -0.3 is 14.5 Å². The van der Waals surface area contributed by atoms with E-state index in [4.69, 9.17) is 9.15 Å². The number of rotatable bonds is 4. The van der Waals surface area contributed by atoms with Crippen LogP contribution in [0.3, 0.4) is 0 Å². The Hall–Kier alpha value is -2.53. The maximum Gasteiger partial charge on any atom is 0.256 e. The van der Waals surface area contributed by atoms with Gasteiger partial charge in [0.05, 0.1) is 16.6 Å². The van der Waals surface area contributed by atoms with Crippen LogP contribution in [0.15, 0.2) is 51.4 Å². The van der Waals surface area contributed by atoms with E-state index in [1.807, 2.05) is 25.1 Å². The van der Waals surface area contributed by atoms with Gasteiger partial charge in [-0.05, 0) is 64.2 Å². The number of halogens is 1.